The van der Waals surface area contributed by atoms with E-state index in [9.17, 15) is 9.59 Å². The molecule has 0 saturated carbocycles. The summed E-state index contributed by atoms with van der Waals surface area (Å²) >= 11 is 5.67. The van der Waals surface area contributed by atoms with E-state index in [1.165, 1.54) is 11.3 Å². The van der Waals surface area contributed by atoms with Gasteiger partial charge in [0.25, 0.3) is 11.5 Å². The van der Waals surface area contributed by atoms with E-state index >= 15 is 0 Å². The number of fused-ring (bicyclic) bond motifs is 1. The van der Waals surface area contributed by atoms with Crippen molar-refractivity contribution in [1.29, 1.82) is 0 Å². The molecule has 0 atom stereocenters. The first-order chi connectivity index (χ1) is 13.5. The molecule has 2 heterocycles. The number of nitrogens with one attached hydrogen (secondary N) is 2. The van der Waals surface area contributed by atoms with Gasteiger partial charge in [-0.3, -0.25) is 9.59 Å². The number of aromatic amines is 1. The van der Waals surface area contributed by atoms with E-state index in [2.05, 4.69) is 27.9 Å². The zero-order chi connectivity index (χ0) is 19.7. The van der Waals surface area contributed by atoms with Crippen molar-refractivity contribution in [3.05, 3.63) is 81.2 Å². The lowest BCUT2D eigenvalue weighted by molar-refractivity contribution is 0.0940. The highest BCUT2D eigenvalue weighted by Crippen LogP contribution is 2.22. The molecule has 7 heteroatoms. The van der Waals surface area contributed by atoms with E-state index in [0.717, 1.165) is 27.1 Å². The van der Waals surface area contributed by atoms with E-state index in [1.54, 1.807) is 0 Å². The summed E-state index contributed by atoms with van der Waals surface area (Å²) < 4.78 is 0. The topological polar surface area (TPSA) is 74.8 Å². The largest absolute Gasteiger partial charge is 0.345 e. The highest BCUT2D eigenvalue weighted by Gasteiger charge is 2.13. The van der Waals surface area contributed by atoms with Crippen molar-refractivity contribution in [2.45, 2.75) is 18.4 Å². The predicted octanol–water partition coefficient (Wildman–Crippen LogP) is 4.18. The molecule has 28 heavy (non-hydrogen) atoms. The van der Waals surface area contributed by atoms with Crippen LogP contribution in [0.1, 0.15) is 21.7 Å². The van der Waals surface area contributed by atoms with Gasteiger partial charge >= 0.3 is 0 Å². The number of H-pyrrole nitrogens is 1. The van der Waals surface area contributed by atoms with Crippen molar-refractivity contribution in [2.24, 2.45) is 0 Å². The van der Waals surface area contributed by atoms with Gasteiger partial charge in [0.2, 0.25) is 5.82 Å². The number of thiophene rings is 1. The fourth-order valence-electron chi connectivity index (χ4n) is 2.98. The second-order valence-corrected chi connectivity index (χ2v) is 7.82. The minimum Gasteiger partial charge on any atom is -0.345 e. The zero-order valence-corrected chi connectivity index (χ0v) is 16.7. The van der Waals surface area contributed by atoms with Gasteiger partial charge in [-0.1, -0.05) is 30.3 Å². The number of carbonyl (C=O) groups excluding carboxylic acids is 1. The minimum atomic E-state index is -0.408. The van der Waals surface area contributed by atoms with Crippen molar-refractivity contribution < 1.29 is 4.79 Å². The molecule has 2 aromatic carbocycles. The normalized spacial score (nSPS) is 10.9. The molecule has 0 fully saturated rings. The standard InChI is InChI=1S/C21H17N3O2S2/c1-12-11-28-21-17(12)19(25)23-18(24-21)20(26)22-10-13-3-2-4-15(9-13)14-5-7-16(27)8-6-14/h2-9,11,27H,10H2,1H3,(H,22,26)(H,23,24,25). The van der Waals surface area contributed by atoms with Gasteiger partial charge in [-0.15, -0.1) is 24.0 Å². The Morgan fingerprint density at radius 1 is 1.18 bits per heavy atom. The Morgan fingerprint density at radius 2 is 1.96 bits per heavy atom. The summed E-state index contributed by atoms with van der Waals surface area (Å²) in [4.78, 5) is 33.0. The summed E-state index contributed by atoms with van der Waals surface area (Å²) in [5.74, 6) is -0.380. The lowest BCUT2D eigenvalue weighted by Crippen LogP contribution is -2.27. The summed E-state index contributed by atoms with van der Waals surface area (Å²) in [5, 5.41) is 5.23. The molecule has 4 rings (SSSR count). The number of rotatable bonds is 4. The Hall–Kier alpha value is -2.90. The van der Waals surface area contributed by atoms with Crippen molar-refractivity contribution in [3.8, 4) is 11.1 Å². The zero-order valence-electron chi connectivity index (χ0n) is 15.0. The van der Waals surface area contributed by atoms with E-state index in [0.29, 0.717) is 16.8 Å². The van der Waals surface area contributed by atoms with Crippen LogP contribution in [0.4, 0.5) is 0 Å². The van der Waals surface area contributed by atoms with Gasteiger partial charge in [0.1, 0.15) is 4.83 Å². The predicted molar refractivity (Wildman–Crippen MR) is 115 cm³/mol. The maximum Gasteiger partial charge on any atom is 0.287 e. The van der Waals surface area contributed by atoms with Crippen molar-refractivity contribution in [1.82, 2.24) is 15.3 Å². The van der Waals surface area contributed by atoms with Crippen LogP contribution in [0, 0.1) is 6.92 Å². The fraction of sp³-hybridized carbons (Fsp3) is 0.0952. The third-order valence-electron chi connectivity index (χ3n) is 4.42. The van der Waals surface area contributed by atoms with Gasteiger partial charge in [-0.05, 0) is 52.8 Å². The van der Waals surface area contributed by atoms with Gasteiger partial charge in [0, 0.05) is 11.4 Å². The Bertz CT molecular complexity index is 1230. The van der Waals surface area contributed by atoms with Gasteiger partial charge in [-0.2, -0.15) is 0 Å². The number of hydrogen-bond acceptors (Lipinski definition) is 5. The number of amides is 1. The van der Waals surface area contributed by atoms with Crippen LogP contribution in [-0.4, -0.2) is 15.9 Å². The summed E-state index contributed by atoms with van der Waals surface area (Å²) in [6.45, 7) is 2.19. The van der Waals surface area contributed by atoms with Crippen LogP contribution in [0.25, 0.3) is 21.3 Å². The smallest absolute Gasteiger partial charge is 0.287 e. The van der Waals surface area contributed by atoms with Crippen LogP contribution in [-0.2, 0) is 6.54 Å². The third-order valence-corrected chi connectivity index (χ3v) is 5.71. The maximum atomic E-state index is 12.5. The van der Waals surface area contributed by atoms with E-state index < -0.39 is 5.91 Å². The molecular weight excluding hydrogens is 390 g/mol. The van der Waals surface area contributed by atoms with Crippen molar-refractivity contribution in [2.75, 3.05) is 0 Å². The van der Waals surface area contributed by atoms with Crippen LogP contribution in [0.5, 0.6) is 0 Å². The number of carbonyl (C=O) groups is 1. The molecule has 0 spiro atoms. The minimum absolute atomic E-state index is 0.0277. The molecule has 0 saturated heterocycles. The van der Waals surface area contributed by atoms with E-state index in [4.69, 9.17) is 0 Å². The third kappa shape index (κ3) is 3.72. The first-order valence-corrected chi connectivity index (χ1v) is 9.98. The molecule has 0 bridgehead atoms. The number of nitrogens with zero attached hydrogens (tertiary/aromatic N) is 1. The molecule has 5 nitrogen and oxygen atoms in total. The Labute approximate surface area is 170 Å². The average molecular weight is 408 g/mol. The summed E-state index contributed by atoms with van der Waals surface area (Å²) in [5.41, 5.74) is 3.67. The average Bonchev–Trinajstić information content (AvgIpc) is 3.08. The molecule has 0 radical (unpaired) electrons. The SMILES string of the molecule is Cc1csc2nc(C(=O)NCc3cccc(-c4ccc(S)cc4)c3)[nH]c(=O)c12. The molecule has 0 unspecified atom stereocenters. The molecule has 0 aliphatic carbocycles. The summed E-state index contributed by atoms with van der Waals surface area (Å²) in [6, 6.07) is 15.8. The number of thiol groups is 1. The van der Waals surface area contributed by atoms with Crippen LogP contribution in [0.15, 0.2) is 63.6 Å². The van der Waals surface area contributed by atoms with Gasteiger partial charge in [-0.25, -0.2) is 4.98 Å². The Balaban J connectivity index is 1.51. The fourth-order valence-corrected chi connectivity index (χ4v) is 4.05. The summed E-state index contributed by atoms with van der Waals surface area (Å²) in [7, 11) is 0. The van der Waals surface area contributed by atoms with Crippen LogP contribution < -0.4 is 10.9 Å². The molecular formula is C21H17N3O2S2. The van der Waals surface area contributed by atoms with Gasteiger partial charge in [0.15, 0.2) is 0 Å². The van der Waals surface area contributed by atoms with Crippen molar-refractivity contribution >= 4 is 40.1 Å². The molecule has 0 aliphatic rings. The first kappa shape index (κ1) is 18.5. The lowest BCUT2D eigenvalue weighted by atomic mass is 10.0. The summed E-state index contributed by atoms with van der Waals surface area (Å²) in [6.07, 6.45) is 0. The lowest BCUT2D eigenvalue weighted by Gasteiger charge is -2.08. The van der Waals surface area contributed by atoms with Crippen LogP contribution in [0.3, 0.4) is 0 Å². The van der Waals surface area contributed by atoms with Gasteiger partial charge in [0.05, 0.1) is 5.39 Å². The molecule has 4 aromatic rings. The quantitative estimate of drug-likeness (QED) is 0.444. The molecule has 0 aliphatic heterocycles. The molecule has 2 N–H and O–H groups in total. The Morgan fingerprint density at radius 3 is 2.75 bits per heavy atom. The second kappa shape index (κ2) is 7.61. The molecule has 2 aromatic heterocycles. The van der Waals surface area contributed by atoms with E-state index in [1.807, 2.05) is 60.8 Å². The number of aryl methyl sites for hydroxylation is 1. The number of hydrogen-bond donors (Lipinski definition) is 3. The number of benzene rings is 2. The molecule has 1 amide bonds. The number of aromatic nitrogens is 2. The highest BCUT2D eigenvalue weighted by atomic mass is 32.1. The second-order valence-electron chi connectivity index (χ2n) is 6.44. The first-order valence-electron chi connectivity index (χ1n) is 8.66. The van der Waals surface area contributed by atoms with Crippen LogP contribution >= 0.6 is 24.0 Å². The van der Waals surface area contributed by atoms with Crippen molar-refractivity contribution in [3.63, 3.8) is 0 Å². The van der Waals surface area contributed by atoms with E-state index in [-0.39, 0.29) is 11.4 Å². The van der Waals surface area contributed by atoms with Crippen LogP contribution in [0.2, 0.25) is 0 Å². The molecule has 140 valence electrons. The highest BCUT2D eigenvalue weighted by molar-refractivity contribution is 7.80. The monoisotopic (exact) mass is 407 g/mol. The Kier molecular flexibility index (Phi) is 5.02. The van der Waals surface area contributed by atoms with Gasteiger partial charge < -0.3 is 10.3 Å². The maximum absolute atomic E-state index is 12.5.